The lowest BCUT2D eigenvalue weighted by Crippen LogP contribution is -2.07. The van der Waals surface area contributed by atoms with Gasteiger partial charge in [0.25, 0.3) is 0 Å². The molecule has 0 radical (unpaired) electrons. The first-order valence-electron chi connectivity index (χ1n) is 6.66. The van der Waals surface area contributed by atoms with Crippen LogP contribution in [0.3, 0.4) is 0 Å². The number of hydrogen-bond donors (Lipinski definition) is 0. The zero-order chi connectivity index (χ0) is 12.4. The van der Waals surface area contributed by atoms with Gasteiger partial charge in [0, 0.05) is 20.3 Å². The summed E-state index contributed by atoms with van der Waals surface area (Å²) in [6, 6.07) is 0. The molecule has 1 aliphatic rings. The fourth-order valence-corrected chi connectivity index (χ4v) is 1.71. The molecular formula is C14H30O2. The predicted molar refractivity (Wildman–Crippen MR) is 69.8 cm³/mol. The van der Waals surface area contributed by atoms with Gasteiger partial charge in [0.05, 0.1) is 6.10 Å². The lowest BCUT2D eigenvalue weighted by Gasteiger charge is -2.10. The van der Waals surface area contributed by atoms with E-state index >= 15 is 0 Å². The molecule has 16 heavy (non-hydrogen) atoms. The van der Waals surface area contributed by atoms with Crippen molar-refractivity contribution in [3.05, 3.63) is 0 Å². The Bertz CT molecular complexity index is 138. The van der Waals surface area contributed by atoms with Gasteiger partial charge in [0.15, 0.2) is 0 Å². The molecule has 1 fully saturated rings. The Morgan fingerprint density at radius 3 is 2.19 bits per heavy atom. The predicted octanol–water partition coefficient (Wildman–Crippen LogP) is 3.89. The third-order valence-corrected chi connectivity index (χ3v) is 2.66. The Kier molecular flexibility index (Phi) is 10.0. The molecule has 0 amide bonds. The van der Waals surface area contributed by atoms with E-state index in [1.165, 1.54) is 25.7 Å². The lowest BCUT2D eigenvalue weighted by molar-refractivity contribution is 0.0939. The van der Waals surface area contributed by atoms with Crippen LogP contribution >= 0.6 is 0 Å². The van der Waals surface area contributed by atoms with Crippen molar-refractivity contribution in [1.82, 2.24) is 0 Å². The highest BCUT2D eigenvalue weighted by atomic mass is 16.5. The molecular weight excluding hydrogens is 200 g/mol. The highest BCUT2D eigenvalue weighted by Crippen LogP contribution is 2.18. The van der Waals surface area contributed by atoms with E-state index in [2.05, 4.69) is 27.7 Å². The smallest absolute Gasteiger partial charge is 0.0578 e. The average molecular weight is 230 g/mol. The van der Waals surface area contributed by atoms with Gasteiger partial charge in [-0.15, -0.1) is 0 Å². The monoisotopic (exact) mass is 230 g/mol. The van der Waals surface area contributed by atoms with Crippen molar-refractivity contribution >= 4 is 0 Å². The molecule has 0 aromatic carbocycles. The summed E-state index contributed by atoms with van der Waals surface area (Å²) < 4.78 is 10.3. The Labute approximate surface area is 102 Å². The van der Waals surface area contributed by atoms with Crippen LogP contribution in [0.15, 0.2) is 0 Å². The zero-order valence-corrected chi connectivity index (χ0v) is 11.8. The second kappa shape index (κ2) is 10.1. The van der Waals surface area contributed by atoms with Crippen molar-refractivity contribution in [2.45, 2.75) is 59.5 Å². The van der Waals surface area contributed by atoms with Gasteiger partial charge in [-0.3, -0.25) is 0 Å². The van der Waals surface area contributed by atoms with Crippen LogP contribution < -0.4 is 0 Å². The number of rotatable bonds is 5. The van der Waals surface area contributed by atoms with Gasteiger partial charge in [-0.05, 0) is 37.5 Å². The van der Waals surface area contributed by atoms with Crippen molar-refractivity contribution in [1.29, 1.82) is 0 Å². The molecule has 0 N–H and O–H groups in total. The normalized spacial score (nSPS) is 20.1. The first-order valence-corrected chi connectivity index (χ1v) is 6.66. The van der Waals surface area contributed by atoms with Gasteiger partial charge < -0.3 is 9.47 Å². The molecule has 1 unspecified atom stereocenters. The van der Waals surface area contributed by atoms with Crippen LogP contribution in [-0.4, -0.2) is 26.4 Å². The maximum atomic E-state index is 5.46. The molecule has 0 aromatic heterocycles. The fraction of sp³-hybridized carbons (Fsp3) is 1.00. The summed E-state index contributed by atoms with van der Waals surface area (Å²) in [6.07, 6.45) is 5.58. The van der Waals surface area contributed by atoms with Gasteiger partial charge in [-0.25, -0.2) is 0 Å². The average Bonchev–Trinajstić information content (AvgIpc) is 2.67. The van der Waals surface area contributed by atoms with Crippen molar-refractivity contribution in [3.8, 4) is 0 Å². The Morgan fingerprint density at radius 1 is 1.19 bits per heavy atom. The topological polar surface area (TPSA) is 18.5 Å². The quantitative estimate of drug-likeness (QED) is 0.713. The van der Waals surface area contributed by atoms with Crippen LogP contribution in [0.25, 0.3) is 0 Å². The molecule has 1 rings (SSSR count). The third kappa shape index (κ3) is 10.4. The SMILES string of the molecule is CC(C)CC1CCCO1.COCCC(C)C. The molecule has 0 bridgehead atoms. The van der Waals surface area contributed by atoms with E-state index in [0.717, 1.165) is 25.0 Å². The minimum absolute atomic E-state index is 0.588. The third-order valence-electron chi connectivity index (χ3n) is 2.66. The van der Waals surface area contributed by atoms with Gasteiger partial charge >= 0.3 is 0 Å². The van der Waals surface area contributed by atoms with E-state index in [0.29, 0.717) is 6.10 Å². The van der Waals surface area contributed by atoms with Gasteiger partial charge in [0.1, 0.15) is 0 Å². The standard InChI is InChI=1S/C8H16O.C6H14O/c1-7(2)6-8-4-3-5-9-8;1-6(2)4-5-7-3/h7-8H,3-6H2,1-2H3;6H,4-5H2,1-3H3. The summed E-state index contributed by atoms with van der Waals surface area (Å²) >= 11 is 0. The van der Waals surface area contributed by atoms with Crippen LogP contribution in [0.2, 0.25) is 0 Å². The Balaban J connectivity index is 0.000000293. The molecule has 98 valence electrons. The lowest BCUT2D eigenvalue weighted by atomic mass is 10.0. The van der Waals surface area contributed by atoms with Gasteiger partial charge in [0.2, 0.25) is 0 Å². The van der Waals surface area contributed by atoms with Crippen LogP contribution in [-0.2, 0) is 9.47 Å². The summed E-state index contributed by atoms with van der Waals surface area (Å²) in [5.74, 6) is 1.58. The molecule has 1 aliphatic heterocycles. The largest absolute Gasteiger partial charge is 0.385 e. The second-order valence-corrected chi connectivity index (χ2v) is 5.44. The maximum Gasteiger partial charge on any atom is 0.0578 e. The van der Waals surface area contributed by atoms with Crippen molar-refractivity contribution < 1.29 is 9.47 Å². The minimum atomic E-state index is 0.588. The molecule has 0 aromatic rings. The van der Waals surface area contributed by atoms with Crippen LogP contribution in [0, 0.1) is 11.8 Å². The van der Waals surface area contributed by atoms with E-state index in [9.17, 15) is 0 Å². The van der Waals surface area contributed by atoms with E-state index in [-0.39, 0.29) is 0 Å². The van der Waals surface area contributed by atoms with Crippen LogP contribution in [0.1, 0.15) is 53.4 Å². The molecule has 0 spiro atoms. The summed E-state index contributed by atoms with van der Waals surface area (Å²) in [6.45, 7) is 10.8. The van der Waals surface area contributed by atoms with E-state index in [1.807, 2.05) is 0 Å². The first kappa shape index (κ1) is 15.9. The van der Waals surface area contributed by atoms with Gasteiger partial charge in [-0.1, -0.05) is 27.7 Å². The number of ether oxygens (including phenoxy) is 2. The summed E-state index contributed by atoms with van der Waals surface area (Å²) in [5.41, 5.74) is 0. The fourth-order valence-electron chi connectivity index (χ4n) is 1.71. The number of methoxy groups -OCH3 is 1. The summed E-state index contributed by atoms with van der Waals surface area (Å²) in [4.78, 5) is 0. The Morgan fingerprint density at radius 2 is 1.88 bits per heavy atom. The highest BCUT2D eigenvalue weighted by Gasteiger charge is 2.15. The van der Waals surface area contributed by atoms with E-state index in [4.69, 9.17) is 9.47 Å². The summed E-state index contributed by atoms with van der Waals surface area (Å²) in [7, 11) is 1.74. The summed E-state index contributed by atoms with van der Waals surface area (Å²) in [5, 5.41) is 0. The van der Waals surface area contributed by atoms with Crippen molar-refractivity contribution in [2.75, 3.05) is 20.3 Å². The van der Waals surface area contributed by atoms with E-state index in [1.54, 1.807) is 7.11 Å². The molecule has 2 heteroatoms. The maximum absolute atomic E-state index is 5.46. The highest BCUT2D eigenvalue weighted by molar-refractivity contribution is 4.65. The van der Waals surface area contributed by atoms with Gasteiger partial charge in [-0.2, -0.15) is 0 Å². The minimum Gasteiger partial charge on any atom is -0.385 e. The first-order chi connectivity index (χ1) is 7.56. The zero-order valence-electron chi connectivity index (χ0n) is 11.8. The molecule has 1 atom stereocenters. The van der Waals surface area contributed by atoms with Crippen molar-refractivity contribution in [3.63, 3.8) is 0 Å². The van der Waals surface area contributed by atoms with Crippen LogP contribution in [0.5, 0.6) is 0 Å². The molecule has 2 nitrogen and oxygen atoms in total. The second-order valence-electron chi connectivity index (χ2n) is 5.44. The van der Waals surface area contributed by atoms with E-state index < -0.39 is 0 Å². The molecule has 0 saturated carbocycles. The van der Waals surface area contributed by atoms with Crippen LogP contribution in [0.4, 0.5) is 0 Å². The molecule has 1 heterocycles. The van der Waals surface area contributed by atoms with Crippen molar-refractivity contribution in [2.24, 2.45) is 11.8 Å². The molecule has 0 aliphatic carbocycles. The number of hydrogen-bond acceptors (Lipinski definition) is 2. The Hall–Kier alpha value is -0.0800. The molecule has 1 saturated heterocycles.